The molecule has 7 nitrogen and oxygen atoms in total. The molecule has 0 bridgehead atoms. The summed E-state index contributed by atoms with van der Waals surface area (Å²) in [6.07, 6.45) is 7.20. The van der Waals surface area contributed by atoms with Gasteiger partial charge >= 0.3 is 12.2 Å². The van der Waals surface area contributed by atoms with Crippen molar-refractivity contribution in [3.63, 3.8) is 0 Å². The zero-order valence-electron chi connectivity index (χ0n) is 19.1. The van der Waals surface area contributed by atoms with Gasteiger partial charge in [-0.2, -0.15) is 0 Å². The average molecular weight is 410 g/mol. The first-order chi connectivity index (χ1) is 13.4. The first kappa shape index (κ1) is 25.1. The van der Waals surface area contributed by atoms with E-state index in [-0.39, 0.29) is 12.2 Å². The molecule has 2 amide bonds. The fourth-order valence-corrected chi connectivity index (χ4v) is 3.06. The van der Waals surface area contributed by atoms with Crippen LogP contribution in [0.5, 0.6) is 0 Å². The van der Waals surface area contributed by atoms with Crippen LogP contribution in [0.1, 0.15) is 60.8 Å². The summed E-state index contributed by atoms with van der Waals surface area (Å²) in [5, 5.41) is 0. The largest absolute Gasteiger partial charge is 0.444 e. The van der Waals surface area contributed by atoms with E-state index < -0.39 is 11.2 Å². The molecular weight excluding hydrogens is 370 g/mol. The van der Waals surface area contributed by atoms with Gasteiger partial charge in [-0.05, 0) is 60.8 Å². The lowest BCUT2D eigenvalue weighted by molar-refractivity contribution is 0.0189. The zero-order chi connectivity index (χ0) is 22.1. The molecular formula is C22H39N3O4. The molecule has 7 heteroatoms. The summed E-state index contributed by atoms with van der Waals surface area (Å²) in [6, 6.07) is 0. The third-order valence-corrected chi connectivity index (χ3v) is 4.28. The fraction of sp³-hybridized carbons (Fsp3) is 0.818. The highest BCUT2D eigenvalue weighted by atomic mass is 16.6. The Labute approximate surface area is 176 Å². The summed E-state index contributed by atoms with van der Waals surface area (Å²) in [7, 11) is 0. The molecule has 0 spiro atoms. The number of carbonyl (C=O) groups excluding carboxylic acids is 2. The van der Waals surface area contributed by atoms with Gasteiger partial charge in [0.15, 0.2) is 0 Å². The van der Waals surface area contributed by atoms with Crippen LogP contribution in [0.15, 0.2) is 0 Å². The van der Waals surface area contributed by atoms with E-state index in [4.69, 9.17) is 15.9 Å². The van der Waals surface area contributed by atoms with Crippen LogP contribution in [0, 0.1) is 12.3 Å². The highest BCUT2D eigenvalue weighted by Gasteiger charge is 2.25. The van der Waals surface area contributed by atoms with Crippen molar-refractivity contribution < 1.29 is 19.1 Å². The van der Waals surface area contributed by atoms with Gasteiger partial charge in [-0.3, -0.25) is 4.90 Å². The lowest BCUT2D eigenvalue weighted by Gasteiger charge is -2.31. The molecule has 1 saturated heterocycles. The Morgan fingerprint density at radius 2 is 1.10 bits per heavy atom. The Morgan fingerprint density at radius 1 is 0.759 bits per heavy atom. The monoisotopic (exact) mass is 409 g/mol. The van der Waals surface area contributed by atoms with Gasteiger partial charge < -0.3 is 19.3 Å². The Balaban J connectivity index is 2.86. The summed E-state index contributed by atoms with van der Waals surface area (Å²) in [5.74, 6) is 2.70. The molecule has 0 aromatic heterocycles. The molecule has 0 aromatic carbocycles. The second-order valence-corrected chi connectivity index (χ2v) is 9.48. The molecule has 0 N–H and O–H groups in total. The molecule has 1 aliphatic heterocycles. The van der Waals surface area contributed by atoms with Crippen LogP contribution in [0.2, 0.25) is 0 Å². The van der Waals surface area contributed by atoms with Crippen LogP contribution < -0.4 is 0 Å². The topological polar surface area (TPSA) is 62.3 Å². The Kier molecular flexibility index (Phi) is 9.78. The number of hydrogen-bond acceptors (Lipinski definition) is 5. The van der Waals surface area contributed by atoms with Gasteiger partial charge in [-0.1, -0.05) is 5.92 Å². The number of amides is 2. The smallest absolute Gasteiger partial charge is 0.410 e. The van der Waals surface area contributed by atoms with Crippen molar-refractivity contribution in [1.82, 2.24) is 14.7 Å². The molecule has 1 heterocycles. The zero-order valence-corrected chi connectivity index (χ0v) is 19.1. The Hall–Kier alpha value is -1.94. The number of ether oxygens (including phenoxy) is 2. The van der Waals surface area contributed by atoms with E-state index in [1.54, 1.807) is 9.80 Å². The van der Waals surface area contributed by atoms with Gasteiger partial charge in [0.05, 0.1) is 6.54 Å². The van der Waals surface area contributed by atoms with E-state index >= 15 is 0 Å². The average Bonchev–Trinajstić information content (AvgIpc) is 2.53. The van der Waals surface area contributed by atoms with Gasteiger partial charge in [0.2, 0.25) is 0 Å². The molecule has 0 atom stereocenters. The Bertz CT molecular complexity index is 530. The lowest BCUT2D eigenvalue weighted by Crippen LogP contribution is -2.43. The van der Waals surface area contributed by atoms with Crippen LogP contribution in [-0.4, -0.2) is 83.9 Å². The summed E-state index contributed by atoms with van der Waals surface area (Å²) in [6.45, 7) is 15.6. The second kappa shape index (κ2) is 11.3. The summed E-state index contributed by atoms with van der Waals surface area (Å²) in [5.41, 5.74) is -1.09. The lowest BCUT2D eigenvalue weighted by atomic mass is 10.2. The standard InChI is InChI=1S/C22H39N3O4/c1-8-12-23-13-9-15-24(19(26)28-21(2,3)4)17-11-18-25(16-10-14-23)20(27)29-22(5,6)7/h1H,9-18H2,2-7H3. The third-order valence-electron chi connectivity index (χ3n) is 4.28. The summed E-state index contributed by atoms with van der Waals surface area (Å²) >= 11 is 0. The molecule has 166 valence electrons. The molecule has 0 aliphatic carbocycles. The SMILES string of the molecule is C#CCN1CCCN(C(=O)OC(C)(C)C)CCCN(C(=O)OC(C)(C)C)CCC1. The van der Waals surface area contributed by atoms with Crippen LogP contribution in [0.3, 0.4) is 0 Å². The molecule has 29 heavy (non-hydrogen) atoms. The first-order valence-corrected chi connectivity index (χ1v) is 10.5. The molecule has 0 unspecified atom stereocenters. The predicted octanol–water partition coefficient (Wildman–Crippen LogP) is 3.58. The van der Waals surface area contributed by atoms with Crippen LogP contribution in [0.4, 0.5) is 9.59 Å². The molecule has 0 radical (unpaired) electrons. The minimum absolute atomic E-state index is 0.318. The number of hydrogen-bond donors (Lipinski definition) is 0. The van der Waals surface area contributed by atoms with E-state index in [1.807, 2.05) is 41.5 Å². The van der Waals surface area contributed by atoms with Crippen LogP contribution in [-0.2, 0) is 9.47 Å². The van der Waals surface area contributed by atoms with Gasteiger partial charge in [0, 0.05) is 39.3 Å². The van der Waals surface area contributed by atoms with Crippen molar-refractivity contribution in [2.45, 2.75) is 72.0 Å². The quantitative estimate of drug-likeness (QED) is 0.620. The highest BCUT2D eigenvalue weighted by molar-refractivity contribution is 5.68. The number of rotatable bonds is 1. The maximum Gasteiger partial charge on any atom is 0.410 e. The number of carbonyl (C=O) groups is 2. The van der Waals surface area contributed by atoms with Crippen LogP contribution >= 0.6 is 0 Å². The molecule has 1 aliphatic rings. The normalized spacial score (nSPS) is 18.2. The number of nitrogens with zero attached hydrogens (tertiary/aromatic N) is 3. The van der Waals surface area contributed by atoms with Crippen molar-refractivity contribution >= 4 is 12.2 Å². The van der Waals surface area contributed by atoms with E-state index in [9.17, 15) is 9.59 Å². The second-order valence-electron chi connectivity index (χ2n) is 9.48. The van der Waals surface area contributed by atoms with Gasteiger partial charge in [0.1, 0.15) is 11.2 Å². The predicted molar refractivity (Wildman–Crippen MR) is 115 cm³/mol. The van der Waals surface area contributed by atoms with Crippen molar-refractivity contribution in [2.24, 2.45) is 0 Å². The fourth-order valence-electron chi connectivity index (χ4n) is 3.06. The summed E-state index contributed by atoms with van der Waals surface area (Å²) in [4.78, 5) is 30.8. The van der Waals surface area contributed by atoms with Crippen molar-refractivity contribution in [1.29, 1.82) is 0 Å². The highest BCUT2D eigenvalue weighted by Crippen LogP contribution is 2.14. The Morgan fingerprint density at radius 3 is 1.41 bits per heavy atom. The van der Waals surface area contributed by atoms with Crippen LogP contribution in [0.25, 0.3) is 0 Å². The van der Waals surface area contributed by atoms with Crippen molar-refractivity contribution in [3.8, 4) is 12.3 Å². The van der Waals surface area contributed by atoms with E-state index in [0.29, 0.717) is 39.1 Å². The van der Waals surface area contributed by atoms with Gasteiger partial charge in [-0.15, -0.1) is 6.42 Å². The third kappa shape index (κ3) is 11.0. The maximum absolute atomic E-state index is 12.6. The molecule has 1 rings (SSSR count). The molecule has 0 aromatic rings. The van der Waals surface area contributed by atoms with Gasteiger partial charge in [-0.25, -0.2) is 9.59 Å². The number of terminal acetylenes is 1. The van der Waals surface area contributed by atoms with Gasteiger partial charge in [0.25, 0.3) is 0 Å². The minimum atomic E-state index is -0.543. The molecule has 0 saturated carbocycles. The first-order valence-electron chi connectivity index (χ1n) is 10.5. The van der Waals surface area contributed by atoms with E-state index in [2.05, 4.69) is 10.8 Å². The van der Waals surface area contributed by atoms with E-state index in [0.717, 1.165) is 25.9 Å². The van der Waals surface area contributed by atoms with Crippen molar-refractivity contribution in [2.75, 3.05) is 45.8 Å². The maximum atomic E-state index is 12.6. The van der Waals surface area contributed by atoms with Crippen molar-refractivity contribution in [3.05, 3.63) is 0 Å². The summed E-state index contributed by atoms with van der Waals surface area (Å²) < 4.78 is 11.1. The minimum Gasteiger partial charge on any atom is -0.444 e. The molecule has 1 fully saturated rings. The van der Waals surface area contributed by atoms with E-state index in [1.165, 1.54) is 0 Å².